The Hall–Kier alpha value is -3.80. The highest BCUT2D eigenvalue weighted by Crippen LogP contribution is 2.29. The highest BCUT2D eigenvalue weighted by molar-refractivity contribution is 5.95. The average molecular weight is 459 g/mol. The lowest BCUT2D eigenvalue weighted by molar-refractivity contribution is 0.0706. The standard InChI is InChI=1S/C28H30N2O4/c1-33-25-14-12-20(13-15-25)28(32)30-16-6-10-24(19-30)21-8-5-9-22(17-21)27(31)29-18-23-7-3-4-11-26(23)34-2/h3-5,7-9,11-15,17,24H,6,10,16,18-19H2,1-2H3,(H,29,31). The molecule has 176 valence electrons. The third-order valence-electron chi connectivity index (χ3n) is 6.30. The van der Waals surface area contributed by atoms with Crippen LogP contribution in [0, 0.1) is 0 Å². The minimum atomic E-state index is -0.130. The van der Waals surface area contributed by atoms with E-state index in [0.717, 1.165) is 42.0 Å². The second kappa shape index (κ2) is 10.9. The Balaban J connectivity index is 1.42. The predicted molar refractivity (Wildman–Crippen MR) is 131 cm³/mol. The summed E-state index contributed by atoms with van der Waals surface area (Å²) < 4.78 is 10.6. The molecule has 1 heterocycles. The van der Waals surface area contributed by atoms with Gasteiger partial charge in [0, 0.05) is 42.2 Å². The maximum atomic E-state index is 13.0. The summed E-state index contributed by atoms with van der Waals surface area (Å²) in [5.74, 6) is 1.57. The van der Waals surface area contributed by atoms with Gasteiger partial charge in [-0.25, -0.2) is 0 Å². The zero-order valence-electron chi connectivity index (χ0n) is 19.6. The topological polar surface area (TPSA) is 67.9 Å². The summed E-state index contributed by atoms with van der Waals surface area (Å²) in [4.78, 5) is 27.8. The minimum absolute atomic E-state index is 0.0260. The summed E-state index contributed by atoms with van der Waals surface area (Å²) >= 11 is 0. The SMILES string of the molecule is COc1ccc(C(=O)N2CCCC(c3cccc(C(=O)NCc4ccccc4OC)c3)C2)cc1. The molecule has 1 aliphatic heterocycles. The number of carbonyl (C=O) groups excluding carboxylic acids is 2. The fraction of sp³-hybridized carbons (Fsp3) is 0.286. The number of piperidine rings is 1. The molecule has 0 radical (unpaired) electrons. The summed E-state index contributed by atoms with van der Waals surface area (Å²) in [6, 6.07) is 22.6. The van der Waals surface area contributed by atoms with Gasteiger partial charge in [0.05, 0.1) is 14.2 Å². The fourth-order valence-electron chi connectivity index (χ4n) is 4.41. The minimum Gasteiger partial charge on any atom is -0.497 e. The van der Waals surface area contributed by atoms with E-state index < -0.39 is 0 Å². The van der Waals surface area contributed by atoms with Gasteiger partial charge < -0.3 is 19.7 Å². The average Bonchev–Trinajstić information content (AvgIpc) is 2.91. The van der Waals surface area contributed by atoms with Crippen molar-refractivity contribution in [2.75, 3.05) is 27.3 Å². The van der Waals surface area contributed by atoms with E-state index in [1.807, 2.05) is 65.6 Å². The second-order valence-electron chi connectivity index (χ2n) is 8.44. The maximum Gasteiger partial charge on any atom is 0.253 e. The molecule has 2 amide bonds. The number of para-hydroxylation sites is 1. The van der Waals surface area contributed by atoms with Gasteiger partial charge in [0.2, 0.25) is 0 Å². The highest BCUT2D eigenvalue weighted by Gasteiger charge is 2.26. The number of ether oxygens (including phenoxy) is 2. The van der Waals surface area contributed by atoms with Crippen LogP contribution in [0.1, 0.15) is 50.6 Å². The van der Waals surface area contributed by atoms with Crippen molar-refractivity contribution < 1.29 is 19.1 Å². The van der Waals surface area contributed by atoms with Gasteiger partial charge in [-0.2, -0.15) is 0 Å². The second-order valence-corrected chi connectivity index (χ2v) is 8.44. The molecule has 6 heteroatoms. The van der Waals surface area contributed by atoms with Gasteiger partial charge in [0.15, 0.2) is 0 Å². The Bertz CT molecular complexity index is 1140. The number of nitrogens with one attached hydrogen (secondary N) is 1. The molecule has 1 fully saturated rings. The van der Waals surface area contributed by atoms with Crippen LogP contribution >= 0.6 is 0 Å². The predicted octanol–water partition coefficient (Wildman–Crippen LogP) is 4.65. The summed E-state index contributed by atoms with van der Waals surface area (Å²) in [5.41, 5.74) is 3.28. The molecule has 0 bridgehead atoms. The first-order valence-corrected chi connectivity index (χ1v) is 11.5. The fourth-order valence-corrected chi connectivity index (χ4v) is 4.41. The normalized spacial score (nSPS) is 15.5. The van der Waals surface area contributed by atoms with Gasteiger partial charge in [-0.1, -0.05) is 30.3 Å². The molecule has 6 nitrogen and oxygen atoms in total. The molecule has 0 saturated carbocycles. The third-order valence-corrected chi connectivity index (χ3v) is 6.30. The van der Waals surface area contributed by atoms with Crippen molar-refractivity contribution in [1.82, 2.24) is 10.2 Å². The van der Waals surface area contributed by atoms with Crippen molar-refractivity contribution in [2.24, 2.45) is 0 Å². The maximum absolute atomic E-state index is 13.0. The number of rotatable bonds is 7. The van der Waals surface area contributed by atoms with Crippen LogP contribution < -0.4 is 14.8 Å². The van der Waals surface area contributed by atoms with Gasteiger partial charge in [-0.15, -0.1) is 0 Å². The zero-order chi connectivity index (χ0) is 23.9. The van der Waals surface area contributed by atoms with E-state index in [1.54, 1.807) is 26.4 Å². The van der Waals surface area contributed by atoms with Crippen molar-refractivity contribution in [2.45, 2.75) is 25.3 Å². The molecular weight excluding hydrogens is 428 g/mol. The molecule has 0 aliphatic carbocycles. The lowest BCUT2D eigenvalue weighted by Gasteiger charge is -2.33. The van der Waals surface area contributed by atoms with E-state index in [2.05, 4.69) is 5.32 Å². The number of likely N-dealkylation sites (tertiary alicyclic amines) is 1. The van der Waals surface area contributed by atoms with Crippen molar-refractivity contribution in [1.29, 1.82) is 0 Å². The van der Waals surface area contributed by atoms with E-state index in [1.165, 1.54) is 0 Å². The summed E-state index contributed by atoms with van der Waals surface area (Å²) in [7, 11) is 3.23. The van der Waals surface area contributed by atoms with Crippen molar-refractivity contribution in [3.8, 4) is 11.5 Å². The number of methoxy groups -OCH3 is 2. The van der Waals surface area contributed by atoms with Crippen LogP contribution in [-0.4, -0.2) is 44.0 Å². The van der Waals surface area contributed by atoms with Gasteiger partial charge in [-0.05, 0) is 60.9 Å². The van der Waals surface area contributed by atoms with Crippen molar-refractivity contribution in [3.63, 3.8) is 0 Å². The molecule has 4 rings (SSSR count). The molecule has 1 N–H and O–H groups in total. The Morgan fingerprint density at radius 2 is 1.74 bits per heavy atom. The van der Waals surface area contributed by atoms with E-state index in [9.17, 15) is 9.59 Å². The van der Waals surface area contributed by atoms with E-state index in [4.69, 9.17) is 9.47 Å². The summed E-state index contributed by atoms with van der Waals surface area (Å²) in [5, 5.41) is 2.98. The molecule has 0 spiro atoms. The van der Waals surface area contributed by atoms with E-state index in [-0.39, 0.29) is 17.7 Å². The number of amides is 2. The molecule has 1 aliphatic rings. The Labute approximate surface area is 200 Å². The number of benzene rings is 3. The van der Waals surface area contributed by atoms with Crippen molar-refractivity contribution >= 4 is 11.8 Å². The largest absolute Gasteiger partial charge is 0.497 e. The lowest BCUT2D eigenvalue weighted by atomic mass is 9.89. The zero-order valence-corrected chi connectivity index (χ0v) is 19.6. The molecule has 1 unspecified atom stereocenters. The van der Waals surface area contributed by atoms with Crippen LogP contribution in [0.3, 0.4) is 0 Å². The summed E-state index contributed by atoms with van der Waals surface area (Å²) in [6.45, 7) is 1.76. The number of hydrogen-bond acceptors (Lipinski definition) is 4. The van der Waals surface area contributed by atoms with Crippen LogP contribution in [0.2, 0.25) is 0 Å². The Morgan fingerprint density at radius 1 is 0.941 bits per heavy atom. The number of nitrogens with zero attached hydrogens (tertiary/aromatic N) is 1. The number of hydrogen-bond donors (Lipinski definition) is 1. The van der Waals surface area contributed by atoms with E-state index in [0.29, 0.717) is 24.2 Å². The molecule has 1 saturated heterocycles. The first-order valence-electron chi connectivity index (χ1n) is 11.5. The van der Waals surface area contributed by atoms with Gasteiger partial charge in [0.25, 0.3) is 11.8 Å². The van der Waals surface area contributed by atoms with E-state index >= 15 is 0 Å². The first-order chi connectivity index (χ1) is 16.6. The van der Waals surface area contributed by atoms with Crippen LogP contribution in [0.25, 0.3) is 0 Å². The first kappa shape index (κ1) is 23.4. The van der Waals surface area contributed by atoms with Gasteiger partial charge in [-0.3, -0.25) is 9.59 Å². The lowest BCUT2D eigenvalue weighted by Crippen LogP contribution is -2.39. The van der Waals surface area contributed by atoms with Crippen molar-refractivity contribution in [3.05, 3.63) is 95.1 Å². The molecule has 3 aromatic rings. The molecule has 0 aromatic heterocycles. The molecule has 3 aromatic carbocycles. The monoisotopic (exact) mass is 458 g/mol. The summed E-state index contributed by atoms with van der Waals surface area (Å²) in [6.07, 6.45) is 1.91. The van der Waals surface area contributed by atoms with Crippen LogP contribution in [0.5, 0.6) is 11.5 Å². The molecule has 34 heavy (non-hydrogen) atoms. The molecular formula is C28H30N2O4. The number of carbonyl (C=O) groups is 2. The van der Waals surface area contributed by atoms with Crippen LogP contribution in [-0.2, 0) is 6.54 Å². The Kier molecular flexibility index (Phi) is 7.48. The van der Waals surface area contributed by atoms with Crippen LogP contribution in [0.15, 0.2) is 72.8 Å². The quantitative estimate of drug-likeness (QED) is 0.560. The molecule has 1 atom stereocenters. The third kappa shape index (κ3) is 5.39. The van der Waals surface area contributed by atoms with Crippen LogP contribution in [0.4, 0.5) is 0 Å². The Morgan fingerprint density at radius 3 is 2.50 bits per heavy atom. The smallest absolute Gasteiger partial charge is 0.253 e. The van der Waals surface area contributed by atoms with Gasteiger partial charge >= 0.3 is 0 Å². The van der Waals surface area contributed by atoms with Gasteiger partial charge in [0.1, 0.15) is 11.5 Å². The highest BCUT2D eigenvalue weighted by atomic mass is 16.5.